The van der Waals surface area contributed by atoms with Crippen LogP contribution in [0.1, 0.15) is 18.4 Å². The van der Waals surface area contributed by atoms with E-state index in [0.717, 1.165) is 54.4 Å². The summed E-state index contributed by atoms with van der Waals surface area (Å²) in [4.78, 5) is 11.4. The summed E-state index contributed by atoms with van der Waals surface area (Å²) in [6, 6.07) is 6.13. The van der Waals surface area contributed by atoms with Crippen LogP contribution in [0.15, 0.2) is 36.8 Å². The van der Waals surface area contributed by atoms with Gasteiger partial charge >= 0.3 is 0 Å². The van der Waals surface area contributed by atoms with Crippen LogP contribution in [-0.4, -0.2) is 45.8 Å². The Morgan fingerprint density at radius 1 is 1.20 bits per heavy atom. The molecule has 0 radical (unpaired) electrons. The van der Waals surface area contributed by atoms with E-state index >= 15 is 0 Å². The van der Waals surface area contributed by atoms with Crippen molar-refractivity contribution in [1.29, 1.82) is 0 Å². The molecule has 1 aliphatic rings. The first-order valence-electron chi connectivity index (χ1n) is 8.57. The van der Waals surface area contributed by atoms with E-state index in [9.17, 15) is 5.11 Å². The first kappa shape index (κ1) is 15.9. The molecule has 2 aromatic heterocycles. The van der Waals surface area contributed by atoms with Gasteiger partial charge in [-0.3, -0.25) is 4.40 Å². The van der Waals surface area contributed by atoms with Crippen LogP contribution in [0, 0.1) is 6.92 Å². The Morgan fingerprint density at radius 2 is 2.00 bits per heavy atom. The minimum Gasteiger partial charge on any atom is -0.496 e. The molecule has 25 heavy (non-hydrogen) atoms. The van der Waals surface area contributed by atoms with Gasteiger partial charge in [0.15, 0.2) is 11.5 Å². The van der Waals surface area contributed by atoms with Crippen LogP contribution in [-0.2, 0) is 0 Å². The van der Waals surface area contributed by atoms with Gasteiger partial charge in [-0.1, -0.05) is 11.6 Å². The molecule has 3 heterocycles. The summed E-state index contributed by atoms with van der Waals surface area (Å²) in [5, 5.41) is 9.74. The zero-order valence-corrected chi connectivity index (χ0v) is 14.5. The molecule has 1 N–H and O–H groups in total. The molecular formula is C19H22N4O2. The van der Waals surface area contributed by atoms with E-state index in [1.54, 1.807) is 13.3 Å². The number of rotatable bonds is 3. The minimum absolute atomic E-state index is 0.206. The molecule has 0 atom stereocenters. The normalized spacial score (nSPS) is 15.7. The number of aryl methyl sites for hydroxylation is 1. The van der Waals surface area contributed by atoms with E-state index in [1.807, 2.05) is 24.5 Å². The van der Waals surface area contributed by atoms with Gasteiger partial charge in [0.2, 0.25) is 0 Å². The topological polar surface area (TPSA) is 62.9 Å². The maximum Gasteiger partial charge on any atom is 0.180 e. The number of aliphatic hydroxyl groups excluding tert-OH is 1. The summed E-state index contributed by atoms with van der Waals surface area (Å²) in [5.41, 5.74) is 4.00. The Bertz CT molecular complexity index is 898. The molecule has 0 spiro atoms. The fraction of sp³-hybridized carbons (Fsp3) is 0.368. The number of nitrogens with zero attached hydrogens (tertiary/aromatic N) is 4. The van der Waals surface area contributed by atoms with Crippen molar-refractivity contribution in [2.24, 2.45) is 0 Å². The lowest BCUT2D eigenvalue weighted by atomic mass is 10.1. The number of aromatic nitrogens is 3. The summed E-state index contributed by atoms with van der Waals surface area (Å²) >= 11 is 0. The molecule has 3 aromatic rings. The number of ether oxygens (including phenoxy) is 1. The number of hydrogen-bond acceptors (Lipinski definition) is 5. The third-order valence-corrected chi connectivity index (χ3v) is 4.80. The van der Waals surface area contributed by atoms with Gasteiger partial charge in [-0.2, -0.15) is 0 Å². The third-order valence-electron chi connectivity index (χ3n) is 4.80. The first-order chi connectivity index (χ1) is 12.2. The Balaban J connectivity index is 1.81. The second kappa shape index (κ2) is 6.37. The van der Waals surface area contributed by atoms with E-state index in [-0.39, 0.29) is 6.10 Å². The minimum atomic E-state index is -0.206. The fourth-order valence-corrected chi connectivity index (χ4v) is 3.43. The molecule has 130 valence electrons. The van der Waals surface area contributed by atoms with E-state index in [4.69, 9.17) is 4.74 Å². The number of benzene rings is 1. The molecule has 1 fully saturated rings. The summed E-state index contributed by atoms with van der Waals surface area (Å²) in [5.74, 6) is 1.69. The van der Waals surface area contributed by atoms with Gasteiger partial charge < -0.3 is 14.7 Å². The van der Waals surface area contributed by atoms with E-state index in [2.05, 4.69) is 32.3 Å². The number of hydrogen-bond donors (Lipinski definition) is 1. The lowest BCUT2D eigenvalue weighted by Crippen LogP contribution is -2.36. The van der Waals surface area contributed by atoms with Gasteiger partial charge in [0.25, 0.3) is 0 Å². The van der Waals surface area contributed by atoms with Gasteiger partial charge in [0.1, 0.15) is 5.75 Å². The monoisotopic (exact) mass is 338 g/mol. The fourth-order valence-electron chi connectivity index (χ4n) is 3.43. The van der Waals surface area contributed by atoms with Crippen LogP contribution in [0.3, 0.4) is 0 Å². The molecule has 0 bridgehead atoms. The quantitative estimate of drug-likeness (QED) is 0.795. The van der Waals surface area contributed by atoms with Crippen molar-refractivity contribution in [2.75, 3.05) is 25.1 Å². The molecule has 6 nitrogen and oxygen atoms in total. The summed E-state index contributed by atoms with van der Waals surface area (Å²) in [6.45, 7) is 3.66. The van der Waals surface area contributed by atoms with Crippen molar-refractivity contribution in [3.63, 3.8) is 0 Å². The maximum atomic E-state index is 9.74. The largest absolute Gasteiger partial charge is 0.496 e. The van der Waals surface area contributed by atoms with Crippen molar-refractivity contribution in [2.45, 2.75) is 25.9 Å². The average molecular weight is 338 g/mol. The molecular weight excluding hydrogens is 316 g/mol. The molecule has 0 unspecified atom stereocenters. The lowest BCUT2D eigenvalue weighted by molar-refractivity contribution is 0.145. The average Bonchev–Trinajstić information content (AvgIpc) is 3.06. The molecule has 0 aliphatic carbocycles. The predicted octanol–water partition coefficient (Wildman–Crippen LogP) is 2.67. The molecule has 0 amide bonds. The first-order valence-corrected chi connectivity index (χ1v) is 8.57. The van der Waals surface area contributed by atoms with Gasteiger partial charge in [-0.15, -0.1) is 0 Å². The molecule has 0 saturated carbocycles. The third kappa shape index (κ3) is 2.82. The second-order valence-corrected chi connectivity index (χ2v) is 6.51. The summed E-state index contributed by atoms with van der Waals surface area (Å²) < 4.78 is 7.60. The highest BCUT2D eigenvalue weighted by molar-refractivity contribution is 5.75. The zero-order chi connectivity index (χ0) is 17.4. The van der Waals surface area contributed by atoms with Gasteiger partial charge in [0, 0.05) is 31.0 Å². The molecule has 1 aliphatic heterocycles. The maximum absolute atomic E-state index is 9.74. The van der Waals surface area contributed by atoms with E-state index in [0.29, 0.717) is 0 Å². The molecule has 4 rings (SSSR count). The van der Waals surface area contributed by atoms with Crippen LogP contribution in [0.4, 0.5) is 5.82 Å². The molecule has 1 aromatic carbocycles. The number of fused-ring (bicyclic) bond motifs is 1. The van der Waals surface area contributed by atoms with Crippen LogP contribution in [0.5, 0.6) is 5.75 Å². The van der Waals surface area contributed by atoms with Crippen LogP contribution >= 0.6 is 0 Å². The van der Waals surface area contributed by atoms with Crippen LogP contribution in [0.2, 0.25) is 0 Å². The summed E-state index contributed by atoms with van der Waals surface area (Å²) in [7, 11) is 1.68. The van der Waals surface area contributed by atoms with Gasteiger partial charge in [-0.25, -0.2) is 9.97 Å². The van der Waals surface area contributed by atoms with E-state index in [1.165, 1.54) is 5.56 Å². The number of anilines is 1. The predicted molar refractivity (Wildman–Crippen MR) is 97.2 cm³/mol. The standard InChI is InChI=1S/C19H22N4O2/c1-13-3-4-17(25-2)15(11-13)16-12-21-19-18(20-7-10-23(16)19)22-8-5-14(24)6-9-22/h3-4,7,10-12,14,24H,5-6,8-9H2,1-2H3. The Kier molecular flexibility index (Phi) is 4.05. The summed E-state index contributed by atoms with van der Waals surface area (Å²) in [6.07, 6.45) is 6.94. The SMILES string of the molecule is COc1ccc(C)cc1-c1cnc2c(N3CCC(O)CC3)nccn12. The molecule has 6 heteroatoms. The van der Waals surface area contributed by atoms with Crippen LogP contribution < -0.4 is 9.64 Å². The second-order valence-electron chi connectivity index (χ2n) is 6.51. The number of piperidine rings is 1. The highest BCUT2D eigenvalue weighted by atomic mass is 16.5. The van der Waals surface area contributed by atoms with Crippen LogP contribution in [0.25, 0.3) is 16.9 Å². The molecule has 1 saturated heterocycles. The van der Waals surface area contributed by atoms with Crippen molar-refractivity contribution >= 4 is 11.5 Å². The van der Waals surface area contributed by atoms with Gasteiger partial charge in [0.05, 0.1) is 25.1 Å². The Hall–Kier alpha value is -2.60. The van der Waals surface area contributed by atoms with Crippen molar-refractivity contribution in [3.8, 4) is 17.0 Å². The number of imidazole rings is 1. The Labute approximate surface area is 146 Å². The van der Waals surface area contributed by atoms with Crippen molar-refractivity contribution < 1.29 is 9.84 Å². The number of methoxy groups -OCH3 is 1. The Morgan fingerprint density at radius 3 is 2.76 bits per heavy atom. The van der Waals surface area contributed by atoms with Crippen molar-refractivity contribution in [3.05, 3.63) is 42.4 Å². The zero-order valence-electron chi connectivity index (χ0n) is 14.5. The number of aliphatic hydroxyl groups is 1. The highest BCUT2D eigenvalue weighted by Crippen LogP contribution is 2.33. The van der Waals surface area contributed by atoms with Crippen molar-refractivity contribution in [1.82, 2.24) is 14.4 Å². The van der Waals surface area contributed by atoms with E-state index < -0.39 is 0 Å². The highest BCUT2D eigenvalue weighted by Gasteiger charge is 2.22. The van der Waals surface area contributed by atoms with Gasteiger partial charge in [-0.05, 0) is 31.9 Å². The smallest absolute Gasteiger partial charge is 0.180 e. The lowest BCUT2D eigenvalue weighted by Gasteiger charge is -2.30.